The molecule has 1 aliphatic rings. The normalized spacial score (nSPS) is 15.4. The molecule has 0 spiro atoms. The molecule has 17 heavy (non-hydrogen) atoms. The standard InChI is InChI=1S/C13H17ClN2O/c1-2-3-6-17-13-12(14)7-10(9-16-13)8-15-11-4-5-11/h2-3,7,9,11,15H,4-6,8H2,1H3. The Labute approximate surface area is 107 Å². The van der Waals surface area contributed by atoms with E-state index in [9.17, 15) is 0 Å². The maximum Gasteiger partial charge on any atom is 0.232 e. The largest absolute Gasteiger partial charge is 0.472 e. The van der Waals surface area contributed by atoms with E-state index in [-0.39, 0.29) is 0 Å². The lowest BCUT2D eigenvalue weighted by Crippen LogP contribution is -2.15. The van der Waals surface area contributed by atoms with E-state index in [0.717, 1.165) is 12.1 Å². The highest BCUT2D eigenvalue weighted by Crippen LogP contribution is 2.23. The molecule has 0 atom stereocenters. The van der Waals surface area contributed by atoms with Crippen LogP contribution in [0.5, 0.6) is 5.88 Å². The summed E-state index contributed by atoms with van der Waals surface area (Å²) >= 11 is 6.10. The third-order valence-corrected chi connectivity index (χ3v) is 2.86. The highest BCUT2D eigenvalue weighted by molar-refractivity contribution is 6.31. The van der Waals surface area contributed by atoms with Crippen molar-refractivity contribution >= 4 is 11.6 Å². The molecule has 1 aliphatic carbocycles. The predicted molar refractivity (Wildman–Crippen MR) is 69.4 cm³/mol. The van der Waals surface area contributed by atoms with Crippen LogP contribution in [0.4, 0.5) is 0 Å². The molecule has 1 fully saturated rings. The van der Waals surface area contributed by atoms with Crippen molar-refractivity contribution < 1.29 is 4.74 Å². The quantitative estimate of drug-likeness (QED) is 0.791. The zero-order valence-corrected chi connectivity index (χ0v) is 10.7. The first kappa shape index (κ1) is 12.4. The Hall–Kier alpha value is -1.06. The Balaban J connectivity index is 1.90. The molecule has 1 saturated carbocycles. The fraction of sp³-hybridized carbons (Fsp3) is 0.462. The third kappa shape index (κ3) is 4.02. The Bertz CT molecular complexity index is 402. The van der Waals surface area contributed by atoms with E-state index in [1.165, 1.54) is 12.8 Å². The first-order valence-corrected chi connectivity index (χ1v) is 6.29. The van der Waals surface area contributed by atoms with Crippen LogP contribution in [0.25, 0.3) is 0 Å². The maximum atomic E-state index is 6.10. The van der Waals surface area contributed by atoms with Gasteiger partial charge in [-0.25, -0.2) is 4.98 Å². The molecule has 1 aromatic heterocycles. The Morgan fingerprint density at radius 3 is 3.06 bits per heavy atom. The second-order valence-electron chi connectivity index (χ2n) is 4.17. The molecule has 92 valence electrons. The zero-order chi connectivity index (χ0) is 12.1. The van der Waals surface area contributed by atoms with Crippen LogP contribution >= 0.6 is 11.6 Å². The van der Waals surface area contributed by atoms with Crippen LogP contribution in [-0.2, 0) is 6.54 Å². The van der Waals surface area contributed by atoms with E-state index in [1.807, 2.05) is 31.3 Å². The number of allylic oxidation sites excluding steroid dienone is 1. The second kappa shape index (κ2) is 6.03. The first-order chi connectivity index (χ1) is 8.29. The molecule has 0 unspecified atom stereocenters. The van der Waals surface area contributed by atoms with Crippen molar-refractivity contribution in [2.45, 2.75) is 32.4 Å². The Kier molecular flexibility index (Phi) is 4.40. The molecule has 1 N–H and O–H groups in total. The smallest absolute Gasteiger partial charge is 0.232 e. The second-order valence-corrected chi connectivity index (χ2v) is 4.57. The lowest BCUT2D eigenvalue weighted by molar-refractivity contribution is 0.348. The highest BCUT2D eigenvalue weighted by Gasteiger charge is 2.20. The van der Waals surface area contributed by atoms with Crippen molar-refractivity contribution in [1.29, 1.82) is 0 Å². The molecule has 0 saturated heterocycles. The molecule has 0 radical (unpaired) electrons. The summed E-state index contributed by atoms with van der Waals surface area (Å²) in [5.74, 6) is 0.500. The molecule has 1 aromatic rings. The van der Waals surface area contributed by atoms with Gasteiger partial charge < -0.3 is 10.1 Å². The average molecular weight is 253 g/mol. The number of nitrogens with one attached hydrogen (secondary N) is 1. The number of halogens is 1. The minimum Gasteiger partial charge on any atom is -0.472 e. The van der Waals surface area contributed by atoms with E-state index in [0.29, 0.717) is 23.6 Å². The van der Waals surface area contributed by atoms with Crippen molar-refractivity contribution in [3.63, 3.8) is 0 Å². The Morgan fingerprint density at radius 2 is 2.41 bits per heavy atom. The van der Waals surface area contributed by atoms with E-state index in [2.05, 4.69) is 10.3 Å². The van der Waals surface area contributed by atoms with Crippen LogP contribution in [0.3, 0.4) is 0 Å². The molecule has 4 heteroatoms. The van der Waals surface area contributed by atoms with Crippen LogP contribution < -0.4 is 10.1 Å². The van der Waals surface area contributed by atoms with Crippen molar-refractivity contribution in [2.75, 3.05) is 6.61 Å². The molecular formula is C13H17ClN2O. The first-order valence-electron chi connectivity index (χ1n) is 5.91. The maximum absolute atomic E-state index is 6.10. The fourth-order valence-electron chi connectivity index (χ4n) is 1.44. The van der Waals surface area contributed by atoms with Crippen molar-refractivity contribution in [2.24, 2.45) is 0 Å². The number of ether oxygens (including phenoxy) is 1. The number of aromatic nitrogens is 1. The fourth-order valence-corrected chi connectivity index (χ4v) is 1.68. The van der Waals surface area contributed by atoms with Gasteiger partial charge in [0.25, 0.3) is 0 Å². The number of hydrogen-bond acceptors (Lipinski definition) is 3. The molecule has 1 heterocycles. The third-order valence-electron chi connectivity index (χ3n) is 2.59. The van der Waals surface area contributed by atoms with Gasteiger partial charge >= 0.3 is 0 Å². The van der Waals surface area contributed by atoms with Crippen molar-refractivity contribution in [1.82, 2.24) is 10.3 Å². The SMILES string of the molecule is CC=CCOc1ncc(CNC2CC2)cc1Cl. The topological polar surface area (TPSA) is 34.1 Å². The highest BCUT2D eigenvalue weighted by atomic mass is 35.5. The van der Waals surface area contributed by atoms with E-state index < -0.39 is 0 Å². The Morgan fingerprint density at radius 1 is 1.59 bits per heavy atom. The van der Waals surface area contributed by atoms with Gasteiger partial charge in [0, 0.05) is 18.8 Å². The van der Waals surface area contributed by atoms with E-state index >= 15 is 0 Å². The summed E-state index contributed by atoms with van der Waals surface area (Å²) in [6.45, 7) is 3.28. The summed E-state index contributed by atoms with van der Waals surface area (Å²) in [5.41, 5.74) is 1.10. The molecule has 0 bridgehead atoms. The minimum absolute atomic E-state index is 0.500. The van der Waals surface area contributed by atoms with Gasteiger partial charge in [0.15, 0.2) is 0 Å². The van der Waals surface area contributed by atoms with Crippen molar-refractivity contribution in [3.8, 4) is 5.88 Å². The van der Waals surface area contributed by atoms with Gasteiger partial charge in [-0.1, -0.05) is 23.8 Å². The summed E-state index contributed by atoms with van der Waals surface area (Å²) in [5, 5.41) is 3.99. The van der Waals surface area contributed by atoms with E-state index in [1.54, 1.807) is 0 Å². The van der Waals surface area contributed by atoms with Gasteiger partial charge in [0.05, 0.1) is 0 Å². The summed E-state index contributed by atoms with van der Waals surface area (Å²) in [4.78, 5) is 4.22. The van der Waals surface area contributed by atoms with Gasteiger partial charge in [0.1, 0.15) is 11.6 Å². The number of hydrogen-bond donors (Lipinski definition) is 1. The molecule has 3 nitrogen and oxygen atoms in total. The number of rotatable bonds is 6. The summed E-state index contributed by atoms with van der Waals surface area (Å²) in [6, 6.07) is 2.61. The lowest BCUT2D eigenvalue weighted by Gasteiger charge is -2.07. The molecular weight excluding hydrogens is 236 g/mol. The molecule has 0 aromatic carbocycles. The van der Waals surface area contributed by atoms with Gasteiger partial charge in [0.2, 0.25) is 5.88 Å². The van der Waals surface area contributed by atoms with Gasteiger partial charge in [-0.3, -0.25) is 0 Å². The van der Waals surface area contributed by atoms with Gasteiger partial charge in [-0.2, -0.15) is 0 Å². The van der Waals surface area contributed by atoms with Crippen LogP contribution in [-0.4, -0.2) is 17.6 Å². The van der Waals surface area contributed by atoms with Crippen LogP contribution in [0, 0.1) is 0 Å². The van der Waals surface area contributed by atoms with Crippen molar-refractivity contribution in [3.05, 3.63) is 35.0 Å². The average Bonchev–Trinajstić information content (AvgIpc) is 3.13. The minimum atomic E-state index is 0.500. The molecule has 0 amide bonds. The van der Waals surface area contributed by atoms with Crippen LogP contribution in [0.2, 0.25) is 5.02 Å². The predicted octanol–water partition coefficient (Wildman–Crippen LogP) is 2.94. The summed E-state index contributed by atoms with van der Waals surface area (Å²) in [6.07, 6.45) is 8.23. The van der Waals surface area contributed by atoms with Crippen LogP contribution in [0.1, 0.15) is 25.3 Å². The summed E-state index contributed by atoms with van der Waals surface area (Å²) < 4.78 is 5.42. The number of nitrogens with zero attached hydrogens (tertiary/aromatic N) is 1. The monoisotopic (exact) mass is 252 g/mol. The van der Waals surface area contributed by atoms with E-state index in [4.69, 9.17) is 16.3 Å². The molecule has 0 aliphatic heterocycles. The van der Waals surface area contributed by atoms with Crippen LogP contribution in [0.15, 0.2) is 24.4 Å². The van der Waals surface area contributed by atoms with Gasteiger partial charge in [-0.05, 0) is 31.4 Å². The molecule has 2 rings (SSSR count). The zero-order valence-electron chi connectivity index (χ0n) is 9.95. The number of pyridine rings is 1. The lowest BCUT2D eigenvalue weighted by atomic mass is 10.3. The van der Waals surface area contributed by atoms with Gasteiger partial charge in [-0.15, -0.1) is 0 Å². The summed E-state index contributed by atoms with van der Waals surface area (Å²) in [7, 11) is 0.